The van der Waals surface area contributed by atoms with Crippen molar-refractivity contribution in [2.45, 2.75) is 44.2 Å². The number of hydrogen-bond acceptors (Lipinski definition) is 6. The summed E-state index contributed by atoms with van der Waals surface area (Å²) in [6.07, 6.45) is -0.297. The summed E-state index contributed by atoms with van der Waals surface area (Å²) in [5.41, 5.74) is -0.340. The molecule has 0 amide bonds. The molecule has 1 aliphatic heterocycles. The summed E-state index contributed by atoms with van der Waals surface area (Å²) >= 11 is 0. The molecule has 4 rings (SSSR count). The average Bonchev–Trinajstić information content (AvgIpc) is 3.13. The van der Waals surface area contributed by atoms with Crippen molar-refractivity contribution >= 4 is 0 Å². The highest BCUT2D eigenvalue weighted by Crippen LogP contribution is 2.41. The Balaban J connectivity index is 1.62. The molecule has 3 aromatic rings. The van der Waals surface area contributed by atoms with Crippen molar-refractivity contribution in [1.82, 2.24) is 9.55 Å². The van der Waals surface area contributed by atoms with E-state index in [2.05, 4.69) is 11.6 Å². The van der Waals surface area contributed by atoms with E-state index in [-0.39, 0.29) is 13.2 Å². The number of hydrogen-bond donors (Lipinski definition) is 2. The molecule has 0 radical (unpaired) electrons. The van der Waals surface area contributed by atoms with Gasteiger partial charge in [0.05, 0.1) is 19.8 Å². The monoisotopic (exact) mass is 464 g/mol. The zero-order valence-electron chi connectivity index (χ0n) is 18.9. The van der Waals surface area contributed by atoms with Crippen LogP contribution in [0.4, 0.5) is 0 Å². The Bertz CT molecular complexity index is 1220. The summed E-state index contributed by atoms with van der Waals surface area (Å²) in [5.74, 6) is 0. The molecule has 1 saturated heterocycles. The topological polar surface area (TPSA) is 103 Å². The third-order valence-electron chi connectivity index (χ3n) is 5.99. The molecule has 178 valence electrons. The largest absolute Gasteiger partial charge is 0.385 e. The van der Waals surface area contributed by atoms with Gasteiger partial charge in [-0.3, -0.25) is 14.3 Å². The molecule has 8 heteroatoms. The number of benzene rings is 2. The third-order valence-corrected chi connectivity index (χ3v) is 5.99. The van der Waals surface area contributed by atoms with Crippen LogP contribution in [0.1, 0.15) is 22.9 Å². The lowest BCUT2D eigenvalue weighted by Gasteiger charge is -2.33. The van der Waals surface area contributed by atoms with Gasteiger partial charge in [-0.1, -0.05) is 66.7 Å². The Kier molecular flexibility index (Phi) is 7.23. The number of aromatic nitrogens is 2. The van der Waals surface area contributed by atoms with Crippen molar-refractivity contribution in [2.75, 3.05) is 6.61 Å². The molecule has 1 aliphatic rings. The van der Waals surface area contributed by atoms with Crippen LogP contribution in [-0.2, 0) is 27.4 Å². The normalized spacial score (nSPS) is 24.2. The number of aromatic amines is 1. The van der Waals surface area contributed by atoms with Gasteiger partial charge in [-0.15, -0.1) is 6.58 Å². The molecular weight excluding hydrogens is 436 g/mol. The summed E-state index contributed by atoms with van der Waals surface area (Å²) < 4.78 is 19.5. The van der Waals surface area contributed by atoms with Gasteiger partial charge in [0, 0.05) is 11.8 Å². The lowest BCUT2D eigenvalue weighted by atomic mass is 9.91. The highest BCUT2D eigenvalue weighted by molar-refractivity contribution is 5.18. The van der Waals surface area contributed by atoms with Gasteiger partial charge in [-0.25, -0.2) is 4.79 Å². The smallest absolute Gasteiger partial charge is 0.330 e. The molecule has 2 N–H and O–H groups in total. The molecule has 1 unspecified atom stereocenters. The summed E-state index contributed by atoms with van der Waals surface area (Å²) in [5, 5.41) is 11.4. The number of aryl methyl sites for hydroxylation is 1. The van der Waals surface area contributed by atoms with Crippen molar-refractivity contribution in [2.24, 2.45) is 0 Å². The molecule has 0 bridgehead atoms. The fourth-order valence-electron chi connectivity index (χ4n) is 4.05. The predicted octanol–water partition coefficient (Wildman–Crippen LogP) is 2.46. The van der Waals surface area contributed by atoms with Gasteiger partial charge in [0.2, 0.25) is 0 Å². The van der Waals surface area contributed by atoms with E-state index in [0.717, 1.165) is 11.1 Å². The first-order valence-electron chi connectivity index (χ1n) is 11.0. The molecule has 8 nitrogen and oxygen atoms in total. The van der Waals surface area contributed by atoms with E-state index in [9.17, 15) is 14.7 Å². The van der Waals surface area contributed by atoms with Crippen LogP contribution in [-0.4, -0.2) is 39.1 Å². The summed E-state index contributed by atoms with van der Waals surface area (Å²) in [6, 6.07) is 19.2. The van der Waals surface area contributed by atoms with Crippen LogP contribution in [0.25, 0.3) is 0 Å². The minimum absolute atomic E-state index is 0.0837. The maximum Gasteiger partial charge on any atom is 0.330 e. The van der Waals surface area contributed by atoms with Crippen LogP contribution < -0.4 is 11.2 Å². The Morgan fingerprint density at radius 2 is 1.71 bits per heavy atom. The van der Waals surface area contributed by atoms with Crippen molar-refractivity contribution in [3.8, 4) is 0 Å². The first kappa shape index (κ1) is 23.8. The first-order valence-corrected chi connectivity index (χ1v) is 11.0. The van der Waals surface area contributed by atoms with Gasteiger partial charge in [0.25, 0.3) is 5.56 Å². The Morgan fingerprint density at radius 3 is 2.32 bits per heavy atom. The van der Waals surface area contributed by atoms with E-state index in [1.54, 1.807) is 6.92 Å². The standard InChI is InChI=1S/C26H28N2O6/c1-3-26(33-16-20-12-8-5-9-13-20)21(17-32-15-19-10-6-4-7-11-19)34-24(22(26)29)28-14-18(2)23(30)27-25(28)31/h3-14,21-22,24,29H,1,15-17H2,2H3,(H,27,30,31)/t21-,22-,24?,26-/m1/s1. The van der Waals surface area contributed by atoms with E-state index >= 15 is 0 Å². The average molecular weight is 465 g/mol. The van der Waals surface area contributed by atoms with Gasteiger partial charge < -0.3 is 19.3 Å². The molecule has 0 spiro atoms. The number of nitrogens with one attached hydrogen (secondary N) is 1. The van der Waals surface area contributed by atoms with Crippen LogP contribution in [0, 0.1) is 6.92 Å². The highest BCUT2D eigenvalue weighted by Gasteiger charge is 2.56. The molecule has 2 heterocycles. The molecule has 4 atom stereocenters. The van der Waals surface area contributed by atoms with E-state index < -0.39 is 35.3 Å². The molecule has 1 aromatic heterocycles. The molecular formula is C26H28N2O6. The fourth-order valence-corrected chi connectivity index (χ4v) is 4.05. The van der Waals surface area contributed by atoms with Crippen LogP contribution in [0.15, 0.2) is 89.1 Å². The van der Waals surface area contributed by atoms with Crippen LogP contribution in [0.3, 0.4) is 0 Å². The highest BCUT2D eigenvalue weighted by atomic mass is 16.6. The number of aliphatic hydroxyl groups is 1. The van der Waals surface area contributed by atoms with Gasteiger partial charge in [0.15, 0.2) is 6.23 Å². The Labute approximate surface area is 197 Å². The van der Waals surface area contributed by atoms with Crippen molar-refractivity contribution < 1.29 is 19.3 Å². The lowest BCUT2D eigenvalue weighted by Crippen LogP contribution is -2.50. The fraction of sp³-hybridized carbons (Fsp3) is 0.308. The second-order valence-electron chi connectivity index (χ2n) is 8.27. The van der Waals surface area contributed by atoms with Crippen molar-refractivity contribution in [3.63, 3.8) is 0 Å². The van der Waals surface area contributed by atoms with Crippen LogP contribution in [0.2, 0.25) is 0 Å². The lowest BCUT2D eigenvalue weighted by molar-refractivity contribution is -0.123. The minimum atomic E-state index is -1.36. The second kappa shape index (κ2) is 10.3. The van der Waals surface area contributed by atoms with Crippen molar-refractivity contribution in [1.29, 1.82) is 0 Å². The Hall–Kier alpha value is -3.30. The quantitative estimate of drug-likeness (QED) is 0.472. The Morgan fingerprint density at radius 1 is 1.09 bits per heavy atom. The SMILES string of the molecule is C=C[C@]1(OCc2ccccc2)[C@H](O)C(n2cc(C)c(=O)[nH]c2=O)O[C@@H]1COCc1ccccc1. The van der Waals surface area contributed by atoms with E-state index in [0.29, 0.717) is 12.2 Å². The molecule has 1 fully saturated rings. The first-order chi connectivity index (χ1) is 16.4. The van der Waals surface area contributed by atoms with Gasteiger partial charge in [-0.05, 0) is 18.1 Å². The van der Waals surface area contributed by atoms with Crippen LogP contribution >= 0.6 is 0 Å². The summed E-state index contributed by atoms with van der Waals surface area (Å²) in [6.45, 7) is 6.09. The van der Waals surface area contributed by atoms with E-state index in [1.165, 1.54) is 16.8 Å². The summed E-state index contributed by atoms with van der Waals surface area (Å²) in [4.78, 5) is 26.6. The summed E-state index contributed by atoms with van der Waals surface area (Å²) in [7, 11) is 0. The number of aliphatic hydroxyl groups excluding tert-OH is 1. The number of H-pyrrole nitrogens is 1. The minimum Gasteiger partial charge on any atom is -0.385 e. The van der Waals surface area contributed by atoms with Gasteiger partial charge in [-0.2, -0.15) is 0 Å². The second-order valence-corrected chi connectivity index (χ2v) is 8.27. The van der Waals surface area contributed by atoms with E-state index in [1.807, 2.05) is 60.7 Å². The number of rotatable bonds is 9. The predicted molar refractivity (Wildman–Crippen MR) is 126 cm³/mol. The maximum atomic E-state index is 12.5. The van der Waals surface area contributed by atoms with Crippen LogP contribution in [0.5, 0.6) is 0 Å². The van der Waals surface area contributed by atoms with Crippen molar-refractivity contribution in [3.05, 3.63) is 117 Å². The van der Waals surface area contributed by atoms with Gasteiger partial charge in [0.1, 0.15) is 17.8 Å². The zero-order valence-corrected chi connectivity index (χ0v) is 18.9. The molecule has 2 aromatic carbocycles. The zero-order chi connectivity index (χ0) is 24.1. The molecule has 0 aliphatic carbocycles. The number of ether oxygens (including phenoxy) is 3. The maximum absolute atomic E-state index is 12.5. The third kappa shape index (κ3) is 4.80. The number of nitrogens with zero attached hydrogens (tertiary/aromatic N) is 1. The molecule has 0 saturated carbocycles. The van der Waals surface area contributed by atoms with E-state index in [4.69, 9.17) is 14.2 Å². The molecule has 34 heavy (non-hydrogen) atoms. The van der Waals surface area contributed by atoms with Gasteiger partial charge >= 0.3 is 5.69 Å².